The van der Waals surface area contributed by atoms with E-state index in [-0.39, 0.29) is 6.10 Å². The van der Waals surface area contributed by atoms with Crippen molar-refractivity contribution in [2.24, 2.45) is 5.92 Å². The summed E-state index contributed by atoms with van der Waals surface area (Å²) in [5.74, 6) is 3.01. The van der Waals surface area contributed by atoms with E-state index in [1.165, 1.54) is 5.56 Å². The monoisotopic (exact) mass is 292 g/mol. The molecule has 1 N–H and O–H groups in total. The molecule has 0 spiro atoms. The van der Waals surface area contributed by atoms with Crippen molar-refractivity contribution in [1.82, 2.24) is 9.97 Å². The molecule has 1 fully saturated rings. The van der Waals surface area contributed by atoms with Crippen molar-refractivity contribution in [2.75, 3.05) is 37.0 Å². The molecule has 1 aliphatic rings. The molecule has 0 radical (unpaired) electrons. The Balaban J connectivity index is 2.32. The van der Waals surface area contributed by atoms with Gasteiger partial charge in [-0.2, -0.15) is 0 Å². The number of rotatable bonds is 5. The van der Waals surface area contributed by atoms with E-state index in [0.29, 0.717) is 11.8 Å². The Morgan fingerprint density at radius 1 is 1.43 bits per heavy atom. The van der Waals surface area contributed by atoms with E-state index in [1.807, 2.05) is 0 Å². The SMILES string of the molecule is CCNc1ncnc(N2CCC(C)C(OC)C2)c1C(C)C. The van der Waals surface area contributed by atoms with E-state index in [4.69, 9.17) is 4.74 Å². The van der Waals surface area contributed by atoms with Crippen LogP contribution in [0.1, 0.15) is 45.6 Å². The molecule has 2 heterocycles. The average molecular weight is 292 g/mol. The summed E-state index contributed by atoms with van der Waals surface area (Å²) in [6.07, 6.45) is 3.08. The van der Waals surface area contributed by atoms with Crippen LogP contribution in [0.5, 0.6) is 0 Å². The maximum absolute atomic E-state index is 5.63. The summed E-state index contributed by atoms with van der Waals surface area (Å²) in [5, 5.41) is 3.36. The van der Waals surface area contributed by atoms with Gasteiger partial charge in [0.05, 0.1) is 6.10 Å². The van der Waals surface area contributed by atoms with Crippen molar-refractivity contribution in [3.05, 3.63) is 11.9 Å². The lowest BCUT2D eigenvalue weighted by molar-refractivity contribution is 0.0496. The summed E-state index contributed by atoms with van der Waals surface area (Å²) in [6, 6.07) is 0. The molecule has 1 aliphatic heterocycles. The molecule has 5 nitrogen and oxygen atoms in total. The first-order chi connectivity index (χ1) is 10.1. The fourth-order valence-corrected chi connectivity index (χ4v) is 3.01. The van der Waals surface area contributed by atoms with Gasteiger partial charge in [-0.05, 0) is 25.2 Å². The Hall–Kier alpha value is -1.36. The molecule has 0 aromatic carbocycles. The minimum atomic E-state index is 0.274. The van der Waals surface area contributed by atoms with Gasteiger partial charge in [0.2, 0.25) is 0 Å². The summed E-state index contributed by atoms with van der Waals surface area (Å²) in [4.78, 5) is 11.4. The zero-order valence-electron chi connectivity index (χ0n) is 13.9. The Morgan fingerprint density at radius 2 is 2.19 bits per heavy atom. The molecule has 1 saturated heterocycles. The van der Waals surface area contributed by atoms with Gasteiger partial charge in [0.1, 0.15) is 18.0 Å². The third-order valence-corrected chi connectivity index (χ3v) is 4.28. The normalized spacial score (nSPS) is 22.7. The van der Waals surface area contributed by atoms with Crippen LogP contribution in [0.2, 0.25) is 0 Å². The van der Waals surface area contributed by atoms with Crippen molar-refractivity contribution in [2.45, 2.75) is 46.1 Å². The fourth-order valence-electron chi connectivity index (χ4n) is 3.01. The number of nitrogens with one attached hydrogen (secondary N) is 1. The Kier molecular flexibility index (Phi) is 5.39. The number of anilines is 2. The van der Waals surface area contributed by atoms with Crippen LogP contribution < -0.4 is 10.2 Å². The molecule has 1 aromatic rings. The number of ether oxygens (including phenoxy) is 1. The van der Waals surface area contributed by atoms with Crippen LogP contribution in [0.3, 0.4) is 0 Å². The molecule has 0 saturated carbocycles. The first-order valence-electron chi connectivity index (χ1n) is 7.94. The standard InChI is InChI=1S/C16H28N4O/c1-6-17-15-14(11(2)3)16(19-10-18-15)20-8-7-12(4)13(9-20)21-5/h10-13H,6-9H2,1-5H3,(H,17,18,19). The van der Waals surface area contributed by atoms with Crippen LogP contribution in [0.4, 0.5) is 11.6 Å². The Labute approximate surface area is 128 Å². The topological polar surface area (TPSA) is 50.3 Å². The highest BCUT2D eigenvalue weighted by molar-refractivity contribution is 5.60. The van der Waals surface area contributed by atoms with E-state index in [9.17, 15) is 0 Å². The number of methoxy groups -OCH3 is 1. The van der Waals surface area contributed by atoms with Gasteiger partial charge >= 0.3 is 0 Å². The lowest BCUT2D eigenvalue weighted by Gasteiger charge is -2.38. The van der Waals surface area contributed by atoms with Gasteiger partial charge in [-0.3, -0.25) is 0 Å². The second-order valence-electron chi connectivity index (χ2n) is 6.13. The number of nitrogens with zero attached hydrogens (tertiary/aromatic N) is 3. The number of piperidine rings is 1. The molecule has 2 unspecified atom stereocenters. The second-order valence-corrected chi connectivity index (χ2v) is 6.13. The summed E-state index contributed by atoms with van der Waals surface area (Å²) < 4.78 is 5.63. The van der Waals surface area contributed by atoms with Gasteiger partial charge in [-0.1, -0.05) is 20.8 Å². The molecule has 0 bridgehead atoms. The zero-order valence-corrected chi connectivity index (χ0v) is 13.9. The average Bonchev–Trinajstić information content (AvgIpc) is 2.47. The van der Waals surface area contributed by atoms with Crippen molar-refractivity contribution < 1.29 is 4.74 Å². The zero-order chi connectivity index (χ0) is 15.4. The van der Waals surface area contributed by atoms with Crippen molar-refractivity contribution in [3.63, 3.8) is 0 Å². The molecule has 0 amide bonds. The van der Waals surface area contributed by atoms with E-state index < -0.39 is 0 Å². The fraction of sp³-hybridized carbons (Fsp3) is 0.750. The highest BCUT2D eigenvalue weighted by Crippen LogP contribution is 2.33. The minimum Gasteiger partial charge on any atom is -0.379 e. The van der Waals surface area contributed by atoms with E-state index in [1.54, 1.807) is 13.4 Å². The minimum absolute atomic E-state index is 0.274. The number of hydrogen-bond acceptors (Lipinski definition) is 5. The summed E-state index contributed by atoms with van der Waals surface area (Å²) >= 11 is 0. The first kappa shape index (κ1) is 16.0. The molecule has 118 valence electrons. The van der Waals surface area contributed by atoms with Crippen LogP contribution in [0, 0.1) is 5.92 Å². The number of aromatic nitrogens is 2. The van der Waals surface area contributed by atoms with Gasteiger partial charge in [-0.15, -0.1) is 0 Å². The maximum atomic E-state index is 5.63. The van der Waals surface area contributed by atoms with Crippen molar-refractivity contribution in [3.8, 4) is 0 Å². The van der Waals surface area contributed by atoms with E-state index >= 15 is 0 Å². The van der Waals surface area contributed by atoms with Gasteiger partial charge in [0, 0.05) is 32.3 Å². The predicted molar refractivity (Wildman–Crippen MR) is 87.1 cm³/mol. The lowest BCUT2D eigenvalue weighted by Crippen LogP contribution is -2.44. The summed E-state index contributed by atoms with van der Waals surface area (Å²) in [5.41, 5.74) is 1.21. The van der Waals surface area contributed by atoms with Gasteiger partial charge < -0.3 is 15.0 Å². The lowest BCUT2D eigenvalue weighted by atomic mass is 9.94. The van der Waals surface area contributed by atoms with E-state index in [0.717, 1.165) is 37.7 Å². The van der Waals surface area contributed by atoms with Gasteiger partial charge in [0.15, 0.2) is 0 Å². The highest BCUT2D eigenvalue weighted by Gasteiger charge is 2.29. The van der Waals surface area contributed by atoms with Gasteiger partial charge in [0.25, 0.3) is 0 Å². The Morgan fingerprint density at radius 3 is 2.81 bits per heavy atom. The van der Waals surface area contributed by atoms with E-state index in [2.05, 4.69) is 47.9 Å². The predicted octanol–water partition coefficient (Wildman–Crippen LogP) is 2.89. The van der Waals surface area contributed by atoms with Crippen LogP contribution in [0.15, 0.2) is 6.33 Å². The third-order valence-electron chi connectivity index (χ3n) is 4.28. The summed E-state index contributed by atoms with van der Waals surface area (Å²) in [7, 11) is 1.80. The van der Waals surface area contributed by atoms with Gasteiger partial charge in [-0.25, -0.2) is 9.97 Å². The molecule has 21 heavy (non-hydrogen) atoms. The second kappa shape index (κ2) is 7.07. The molecular formula is C16H28N4O. The molecule has 5 heteroatoms. The Bertz CT molecular complexity index is 464. The van der Waals surface area contributed by atoms with Crippen molar-refractivity contribution >= 4 is 11.6 Å². The summed E-state index contributed by atoms with van der Waals surface area (Å²) in [6.45, 7) is 11.6. The number of hydrogen-bond donors (Lipinski definition) is 1. The quantitative estimate of drug-likeness (QED) is 0.904. The van der Waals surface area contributed by atoms with Crippen LogP contribution in [-0.2, 0) is 4.74 Å². The molecule has 1 aromatic heterocycles. The maximum Gasteiger partial charge on any atom is 0.137 e. The smallest absolute Gasteiger partial charge is 0.137 e. The largest absolute Gasteiger partial charge is 0.379 e. The molecule has 2 rings (SSSR count). The molecular weight excluding hydrogens is 264 g/mol. The molecule has 2 atom stereocenters. The highest BCUT2D eigenvalue weighted by atomic mass is 16.5. The van der Waals surface area contributed by atoms with Crippen LogP contribution in [0.25, 0.3) is 0 Å². The van der Waals surface area contributed by atoms with Crippen LogP contribution in [-0.4, -0.2) is 42.8 Å². The molecule has 0 aliphatic carbocycles. The van der Waals surface area contributed by atoms with Crippen LogP contribution >= 0.6 is 0 Å². The first-order valence-corrected chi connectivity index (χ1v) is 7.94. The van der Waals surface area contributed by atoms with Crippen molar-refractivity contribution in [1.29, 1.82) is 0 Å². The third kappa shape index (κ3) is 3.46.